The topological polar surface area (TPSA) is 86.3 Å². The van der Waals surface area contributed by atoms with Crippen LogP contribution in [0.4, 0.5) is 18.9 Å². The van der Waals surface area contributed by atoms with E-state index in [-0.39, 0.29) is 32.2 Å². The number of nitrogens with one attached hydrogen (secondary N) is 1. The lowest BCUT2D eigenvalue weighted by Crippen LogP contribution is -2.29. The maximum absolute atomic E-state index is 12.8. The third-order valence-corrected chi connectivity index (χ3v) is 4.15. The van der Waals surface area contributed by atoms with Crippen LogP contribution in [0, 0.1) is 0 Å². The van der Waals surface area contributed by atoms with Crippen molar-refractivity contribution in [3.05, 3.63) is 58.0 Å². The molecule has 0 saturated heterocycles. The number of carbonyl (C=O) groups excluding carboxylic acids is 1. The lowest BCUT2D eigenvalue weighted by Gasteiger charge is -2.12. The summed E-state index contributed by atoms with van der Waals surface area (Å²) in [6.07, 6.45) is -2.55. The number of phenolic OH excluding ortho intramolecular Hbond substituents is 1. The average molecular weight is 419 g/mol. The summed E-state index contributed by atoms with van der Waals surface area (Å²) in [4.78, 5) is 16.0. The summed E-state index contributed by atoms with van der Waals surface area (Å²) < 4.78 is 39.1. The molecule has 140 valence electrons. The van der Waals surface area contributed by atoms with E-state index in [1.54, 1.807) is 0 Å². The lowest BCUT2D eigenvalue weighted by atomic mass is 10.1. The Kier molecular flexibility index (Phi) is 4.75. The molecule has 11 heteroatoms. The number of anilines is 1. The number of halogens is 5. The zero-order valence-electron chi connectivity index (χ0n) is 13.1. The van der Waals surface area contributed by atoms with E-state index in [9.17, 15) is 28.3 Å². The molecule has 3 aromatic rings. The summed E-state index contributed by atoms with van der Waals surface area (Å²) in [5.74, 6) is -1.26. The summed E-state index contributed by atoms with van der Waals surface area (Å²) in [6, 6.07) is 4.02. The zero-order chi connectivity index (χ0) is 19.9. The van der Waals surface area contributed by atoms with Crippen molar-refractivity contribution in [1.82, 2.24) is 4.98 Å². The Labute approximate surface area is 159 Å². The van der Waals surface area contributed by atoms with E-state index < -0.39 is 23.5 Å². The minimum absolute atomic E-state index is 0.000832. The molecule has 0 atom stereocenters. The van der Waals surface area contributed by atoms with Gasteiger partial charge in [-0.05, 0) is 24.3 Å². The second-order valence-electron chi connectivity index (χ2n) is 5.39. The Balaban J connectivity index is 2.07. The normalized spacial score (nSPS) is 11.6. The third-order valence-electron chi connectivity index (χ3n) is 3.58. The summed E-state index contributed by atoms with van der Waals surface area (Å²) in [5, 5.41) is 21.5. The van der Waals surface area contributed by atoms with Crippen molar-refractivity contribution in [3.63, 3.8) is 0 Å². The highest BCUT2D eigenvalue weighted by atomic mass is 35.5. The Morgan fingerprint density at radius 2 is 1.74 bits per heavy atom. The quantitative estimate of drug-likeness (QED) is 0.432. The smallest absolute Gasteiger partial charge is 0.433 e. The van der Waals surface area contributed by atoms with Gasteiger partial charge in [0.25, 0.3) is 5.91 Å². The fourth-order valence-electron chi connectivity index (χ4n) is 2.37. The minimum Gasteiger partial charge on any atom is -0.506 e. The SMILES string of the molecule is O=C(Nc1c(Cl)c[n+](O)cc1Cl)c1ccc(O)c2nc(C(F)(F)F)ccc12. The van der Waals surface area contributed by atoms with Crippen molar-refractivity contribution in [2.24, 2.45) is 0 Å². The number of aromatic hydroxyl groups is 1. The number of fused-ring (bicyclic) bond motifs is 1. The monoisotopic (exact) mass is 418 g/mol. The lowest BCUT2D eigenvalue weighted by molar-refractivity contribution is -0.904. The Hall–Kier alpha value is -2.78. The number of hydrogen-bond acceptors (Lipinski definition) is 4. The molecular formula is C16H9Cl2F3N3O3+. The van der Waals surface area contributed by atoms with E-state index in [1.807, 2.05) is 0 Å². The predicted octanol–water partition coefficient (Wildman–Crippen LogP) is 4.04. The van der Waals surface area contributed by atoms with Crippen LogP contribution in [-0.2, 0) is 6.18 Å². The molecule has 0 saturated carbocycles. The summed E-state index contributed by atoms with van der Waals surface area (Å²) in [5.41, 5.74) is -1.65. The standard InChI is InChI=1S/C16H8Cl2F3N3O3/c17-9-5-24(27)6-10(18)14(9)23-15(26)8-1-3-11(25)13-7(8)2-4-12(22-13)16(19,20)21/h1-6,27H,(H,25,26)/p+1. The fraction of sp³-hybridized carbons (Fsp3) is 0.0625. The van der Waals surface area contributed by atoms with Crippen LogP contribution < -0.4 is 10.0 Å². The Bertz CT molecular complexity index is 1050. The molecule has 3 N–H and O–H groups in total. The number of benzene rings is 1. The molecule has 0 aliphatic rings. The van der Waals surface area contributed by atoms with Gasteiger partial charge < -0.3 is 10.4 Å². The van der Waals surface area contributed by atoms with Crippen LogP contribution in [0.15, 0.2) is 36.7 Å². The number of amides is 1. The number of pyridine rings is 2. The average Bonchev–Trinajstić information content (AvgIpc) is 2.57. The summed E-state index contributed by atoms with van der Waals surface area (Å²) >= 11 is 11.8. The zero-order valence-corrected chi connectivity index (χ0v) is 14.6. The molecule has 0 bridgehead atoms. The van der Waals surface area contributed by atoms with Crippen molar-refractivity contribution in [3.8, 4) is 5.75 Å². The molecule has 0 unspecified atom stereocenters. The van der Waals surface area contributed by atoms with Crippen LogP contribution in [0.3, 0.4) is 0 Å². The molecule has 0 fully saturated rings. The first kappa shape index (κ1) is 19.0. The molecule has 2 heterocycles. The molecule has 1 aromatic carbocycles. The molecule has 0 spiro atoms. The van der Waals surface area contributed by atoms with Gasteiger partial charge in [-0.2, -0.15) is 13.2 Å². The highest BCUT2D eigenvalue weighted by Crippen LogP contribution is 2.34. The number of aromatic nitrogens is 2. The molecule has 3 rings (SSSR count). The van der Waals surface area contributed by atoms with Crippen molar-refractivity contribution >= 4 is 45.7 Å². The van der Waals surface area contributed by atoms with Gasteiger partial charge >= 0.3 is 6.18 Å². The number of alkyl halides is 3. The van der Waals surface area contributed by atoms with Crippen LogP contribution in [-0.4, -0.2) is 21.2 Å². The van der Waals surface area contributed by atoms with E-state index in [2.05, 4.69) is 10.3 Å². The third kappa shape index (κ3) is 3.69. The number of nitrogens with zero attached hydrogens (tertiary/aromatic N) is 2. The highest BCUT2D eigenvalue weighted by Gasteiger charge is 2.33. The van der Waals surface area contributed by atoms with Gasteiger partial charge in [0.1, 0.15) is 27.0 Å². The highest BCUT2D eigenvalue weighted by molar-refractivity contribution is 6.39. The van der Waals surface area contributed by atoms with Gasteiger partial charge in [-0.25, -0.2) is 4.98 Å². The Morgan fingerprint density at radius 3 is 2.33 bits per heavy atom. The molecule has 27 heavy (non-hydrogen) atoms. The van der Waals surface area contributed by atoms with Crippen LogP contribution in [0.25, 0.3) is 10.9 Å². The van der Waals surface area contributed by atoms with Gasteiger partial charge in [-0.3, -0.25) is 10.0 Å². The van der Waals surface area contributed by atoms with Crippen molar-refractivity contribution in [1.29, 1.82) is 0 Å². The molecular weight excluding hydrogens is 410 g/mol. The van der Waals surface area contributed by atoms with Crippen LogP contribution >= 0.6 is 23.2 Å². The van der Waals surface area contributed by atoms with Crippen LogP contribution in [0.2, 0.25) is 10.0 Å². The first-order valence-corrected chi connectivity index (χ1v) is 7.94. The van der Waals surface area contributed by atoms with Crippen molar-refractivity contribution in [2.45, 2.75) is 6.18 Å². The first-order valence-electron chi connectivity index (χ1n) is 7.18. The number of rotatable bonds is 2. The second-order valence-corrected chi connectivity index (χ2v) is 6.20. The number of carbonyl (C=O) groups is 1. The summed E-state index contributed by atoms with van der Waals surface area (Å²) in [6.45, 7) is 0. The molecule has 2 aromatic heterocycles. The van der Waals surface area contributed by atoms with Crippen molar-refractivity contribution < 1.29 is 33.0 Å². The largest absolute Gasteiger partial charge is 0.506 e. The predicted molar refractivity (Wildman–Crippen MR) is 90.2 cm³/mol. The van der Waals surface area contributed by atoms with Gasteiger partial charge in [-0.1, -0.05) is 23.2 Å². The minimum atomic E-state index is -4.70. The molecule has 0 aliphatic carbocycles. The van der Waals surface area contributed by atoms with E-state index in [0.717, 1.165) is 24.5 Å². The van der Waals surface area contributed by atoms with E-state index in [4.69, 9.17) is 23.2 Å². The van der Waals surface area contributed by atoms with Crippen LogP contribution in [0.1, 0.15) is 16.1 Å². The van der Waals surface area contributed by atoms with Gasteiger partial charge in [-0.15, -0.1) is 0 Å². The van der Waals surface area contributed by atoms with Gasteiger partial charge in [0.05, 0.1) is 5.69 Å². The maximum atomic E-state index is 12.8. The van der Waals surface area contributed by atoms with Crippen molar-refractivity contribution in [2.75, 3.05) is 5.32 Å². The van der Waals surface area contributed by atoms with E-state index >= 15 is 0 Å². The van der Waals surface area contributed by atoms with Gasteiger partial charge in [0, 0.05) is 15.7 Å². The number of hydrogen-bond donors (Lipinski definition) is 3. The molecule has 1 amide bonds. The molecule has 6 nitrogen and oxygen atoms in total. The van der Waals surface area contributed by atoms with Gasteiger partial charge in [0.15, 0.2) is 0 Å². The van der Waals surface area contributed by atoms with Crippen LogP contribution in [0.5, 0.6) is 5.75 Å². The number of phenols is 1. The summed E-state index contributed by atoms with van der Waals surface area (Å²) in [7, 11) is 0. The van der Waals surface area contributed by atoms with E-state index in [0.29, 0.717) is 10.8 Å². The maximum Gasteiger partial charge on any atom is 0.433 e. The second kappa shape index (κ2) is 6.75. The molecule has 0 radical (unpaired) electrons. The molecule has 0 aliphatic heterocycles. The Morgan fingerprint density at radius 1 is 1.11 bits per heavy atom. The van der Waals surface area contributed by atoms with E-state index in [1.165, 1.54) is 6.07 Å². The first-order chi connectivity index (χ1) is 12.6. The fourth-order valence-corrected chi connectivity index (χ4v) is 2.92. The van der Waals surface area contributed by atoms with Gasteiger partial charge in [0.2, 0.25) is 12.4 Å².